The summed E-state index contributed by atoms with van der Waals surface area (Å²) in [7, 11) is 4.29. The SMILES string of the molecule is C[NH+](C)N1CCOCC1. The predicted molar refractivity (Wildman–Crippen MR) is 35.2 cm³/mol. The fourth-order valence-electron chi connectivity index (χ4n) is 1.01. The summed E-state index contributed by atoms with van der Waals surface area (Å²) in [5, 5.41) is 3.75. The van der Waals surface area contributed by atoms with Crippen LogP contribution < -0.4 is 5.01 Å². The molecule has 0 aromatic rings. The Kier molecular flexibility index (Phi) is 2.45. The van der Waals surface area contributed by atoms with E-state index in [1.165, 1.54) is 5.01 Å². The van der Waals surface area contributed by atoms with Gasteiger partial charge in [-0.05, 0) is 0 Å². The lowest BCUT2D eigenvalue weighted by Gasteiger charge is -2.28. The molecule has 0 spiro atoms. The highest BCUT2D eigenvalue weighted by Gasteiger charge is 2.13. The molecule has 1 N–H and O–H groups in total. The van der Waals surface area contributed by atoms with Crippen LogP contribution in [0.25, 0.3) is 0 Å². The van der Waals surface area contributed by atoms with Gasteiger partial charge in [0.1, 0.15) is 0 Å². The van der Waals surface area contributed by atoms with Gasteiger partial charge in [0.25, 0.3) is 0 Å². The fraction of sp³-hybridized carbons (Fsp3) is 1.00. The molecule has 0 radical (unpaired) electrons. The van der Waals surface area contributed by atoms with E-state index in [0.29, 0.717) is 0 Å². The zero-order valence-corrected chi connectivity index (χ0v) is 6.18. The van der Waals surface area contributed by atoms with Crippen molar-refractivity contribution in [1.82, 2.24) is 5.01 Å². The quantitative estimate of drug-likeness (QED) is 0.460. The van der Waals surface area contributed by atoms with Crippen molar-refractivity contribution in [3.63, 3.8) is 0 Å². The number of hydrogen-bond donors (Lipinski definition) is 1. The van der Waals surface area contributed by atoms with Crippen molar-refractivity contribution in [2.75, 3.05) is 40.4 Å². The molecule has 9 heavy (non-hydrogen) atoms. The van der Waals surface area contributed by atoms with Crippen molar-refractivity contribution in [1.29, 1.82) is 0 Å². The molecule has 1 aliphatic heterocycles. The van der Waals surface area contributed by atoms with Gasteiger partial charge in [-0.1, -0.05) is 0 Å². The van der Waals surface area contributed by atoms with E-state index < -0.39 is 0 Å². The van der Waals surface area contributed by atoms with Gasteiger partial charge in [-0.2, -0.15) is 5.01 Å². The first-order valence-electron chi connectivity index (χ1n) is 3.43. The van der Waals surface area contributed by atoms with Crippen molar-refractivity contribution in [2.45, 2.75) is 0 Å². The fourth-order valence-corrected chi connectivity index (χ4v) is 1.01. The van der Waals surface area contributed by atoms with Gasteiger partial charge in [-0.15, -0.1) is 0 Å². The van der Waals surface area contributed by atoms with E-state index in [2.05, 4.69) is 19.1 Å². The Labute approximate surface area is 56.2 Å². The van der Waals surface area contributed by atoms with Crippen LogP contribution in [0.5, 0.6) is 0 Å². The van der Waals surface area contributed by atoms with E-state index in [1.54, 1.807) is 0 Å². The molecule has 1 heterocycles. The third-order valence-electron chi connectivity index (χ3n) is 1.64. The van der Waals surface area contributed by atoms with Gasteiger partial charge < -0.3 is 4.74 Å². The summed E-state index contributed by atoms with van der Waals surface area (Å²) in [6.07, 6.45) is 0. The Morgan fingerprint density at radius 2 is 1.78 bits per heavy atom. The molecule has 0 saturated carbocycles. The first kappa shape index (κ1) is 6.99. The molecule has 0 unspecified atom stereocenters. The largest absolute Gasteiger partial charge is 0.378 e. The summed E-state index contributed by atoms with van der Waals surface area (Å²) in [5.41, 5.74) is 0. The number of nitrogens with zero attached hydrogens (tertiary/aromatic N) is 1. The molecule has 0 aromatic carbocycles. The zero-order chi connectivity index (χ0) is 6.69. The Bertz CT molecular complexity index is 79.1. The van der Waals surface area contributed by atoms with Crippen LogP contribution in [0.15, 0.2) is 0 Å². The normalized spacial score (nSPS) is 23.0. The topological polar surface area (TPSA) is 16.9 Å². The van der Waals surface area contributed by atoms with Crippen molar-refractivity contribution in [3.05, 3.63) is 0 Å². The molecule has 3 heteroatoms. The first-order valence-corrected chi connectivity index (χ1v) is 3.43. The second kappa shape index (κ2) is 3.15. The second-order valence-corrected chi connectivity index (χ2v) is 2.55. The molecule has 54 valence electrons. The maximum absolute atomic E-state index is 5.19. The second-order valence-electron chi connectivity index (χ2n) is 2.55. The maximum Gasteiger partial charge on any atom is 0.0841 e. The summed E-state index contributed by atoms with van der Waals surface area (Å²) in [6, 6.07) is 0. The lowest BCUT2D eigenvalue weighted by Crippen LogP contribution is -3.13. The molecule has 0 amide bonds. The monoisotopic (exact) mass is 131 g/mol. The lowest BCUT2D eigenvalue weighted by atomic mass is 10.5. The van der Waals surface area contributed by atoms with Crippen LogP contribution in [0.1, 0.15) is 0 Å². The molecule has 1 aliphatic rings. The minimum Gasteiger partial charge on any atom is -0.378 e. The number of hydrogen-bond acceptors (Lipinski definition) is 2. The number of quaternary nitrogens is 1. The lowest BCUT2D eigenvalue weighted by molar-refractivity contribution is -0.983. The molecule has 0 atom stereocenters. The molecule has 0 aromatic heterocycles. The van der Waals surface area contributed by atoms with Crippen LogP contribution in [-0.2, 0) is 4.74 Å². The van der Waals surface area contributed by atoms with Gasteiger partial charge in [0.15, 0.2) is 0 Å². The molecule has 1 rings (SSSR count). The summed E-state index contributed by atoms with van der Waals surface area (Å²) in [4.78, 5) is 0. The van der Waals surface area contributed by atoms with Crippen LogP contribution in [0.2, 0.25) is 0 Å². The summed E-state index contributed by atoms with van der Waals surface area (Å²) >= 11 is 0. The van der Waals surface area contributed by atoms with Crippen molar-refractivity contribution >= 4 is 0 Å². The standard InChI is InChI=1S/C6H14N2O/c1-7(2)8-3-5-9-6-4-8/h3-6H2,1-2H3/p+1. The van der Waals surface area contributed by atoms with Gasteiger partial charge in [-0.3, -0.25) is 5.01 Å². The maximum atomic E-state index is 5.19. The van der Waals surface area contributed by atoms with Crippen molar-refractivity contribution in [2.24, 2.45) is 0 Å². The molecule has 0 aliphatic carbocycles. The third-order valence-corrected chi connectivity index (χ3v) is 1.64. The average molecular weight is 131 g/mol. The van der Waals surface area contributed by atoms with Gasteiger partial charge in [-0.25, -0.2) is 0 Å². The number of rotatable bonds is 1. The minimum absolute atomic E-state index is 0.894. The Morgan fingerprint density at radius 1 is 1.22 bits per heavy atom. The predicted octanol–water partition coefficient (Wildman–Crippen LogP) is -1.62. The Balaban J connectivity index is 2.23. The van der Waals surface area contributed by atoms with Gasteiger partial charge >= 0.3 is 0 Å². The Hall–Kier alpha value is -0.120. The third kappa shape index (κ3) is 1.93. The van der Waals surface area contributed by atoms with E-state index in [-0.39, 0.29) is 0 Å². The Morgan fingerprint density at radius 3 is 2.11 bits per heavy atom. The number of nitrogens with one attached hydrogen (secondary N) is 1. The smallest absolute Gasteiger partial charge is 0.0841 e. The van der Waals surface area contributed by atoms with E-state index in [1.807, 2.05) is 0 Å². The highest BCUT2D eigenvalue weighted by Crippen LogP contribution is 1.87. The van der Waals surface area contributed by atoms with E-state index in [9.17, 15) is 0 Å². The highest BCUT2D eigenvalue weighted by atomic mass is 16.5. The molecule has 3 nitrogen and oxygen atoms in total. The van der Waals surface area contributed by atoms with Crippen LogP contribution in [0.4, 0.5) is 0 Å². The van der Waals surface area contributed by atoms with Crippen molar-refractivity contribution < 1.29 is 9.75 Å². The molecular formula is C6H15N2O+. The van der Waals surface area contributed by atoms with Crippen LogP contribution >= 0.6 is 0 Å². The van der Waals surface area contributed by atoms with E-state index in [4.69, 9.17) is 4.74 Å². The molecule has 0 bridgehead atoms. The summed E-state index contributed by atoms with van der Waals surface area (Å²) in [6.45, 7) is 3.93. The van der Waals surface area contributed by atoms with E-state index in [0.717, 1.165) is 26.3 Å². The van der Waals surface area contributed by atoms with Gasteiger partial charge in [0, 0.05) is 0 Å². The molecule has 1 fully saturated rings. The van der Waals surface area contributed by atoms with Crippen LogP contribution in [0.3, 0.4) is 0 Å². The minimum atomic E-state index is 0.894. The van der Waals surface area contributed by atoms with Crippen LogP contribution in [-0.4, -0.2) is 45.4 Å². The highest BCUT2D eigenvalue weighted by molar-refractivity contribution is 4.49. The zero-order valence-electron chi connectivity index (χ0n) is 6.18. The number of morpholine rings is 1. The van der Waals surface area contributed by atoms with Crippen LogP contribution in [0, 0.1) is 0 Å². The van der Waals surface area contributed by atoms with Gasteiger partial charge in [0.05, 0.1) is 40.4 Å². The summed E-state index contributed by atoms with van der Waals surface area (Å²) in [5.74, 6) is 0. The van der Waals surface area contributed by atoms with Gasteiger partial charge in [0.2, 0.25) is 0 Å². The van der Waals surface area contributed by atoms with Crippen molar-refractivity contribution in [3.8, 4) is 0 Å². The summed E-state index contributed by atoms with van der Waals surface area (Å²) < 4.78 is 5.19. The first-order chi connectivity index (χ1) is 4.30. The number of ether oxygens (including phenoxy) is 1. The molecule has 1 saturated heterocycles. The van der Waals surface area contributed by atoms with E-state index >= 15 is 0 Å². The molecular weight excluding hydrogens is 116 g/mol. The average Bonchev–Trinajstić information content (AvgIpc) is 1.90.